The number of hydrogen-bond donors (Lipinski definition) is 2. The van der Waals surface area contributed by atoms with Gasteiger partial charge in [-0.2, -0.15) is 13.2 Å². The van der Waals surface area contributed by atoms with Crippen molar-refractivity contribution in [2.24, 2.45) is 0 Å². The summed E-state index contributed by atoms with van der Waals surface area (Å²) in [4.78, 5) is 27.5. The number of carbonyl (C=O) groups is 2. The molecule has 27 heavy (non-hydrogen) atoms. The van der Waals surface area contributed by atoms with E-state index in [0.717, 1.165) is 18.6 Å². The van der Waals surface area contributed by atoms with Crippen LogP contribution in [0.25, 0.3) is 0 Å². The molecule has 3 amide bonds. The Kier molecular flexibility index (Phi) is 7.46. The van der Waals surface area contributed by atoms with Gasteiger partial charge < -0.3 is 15.5 Å². The van der Waals surface area contributed by atoms with E-state index in [1.54, 1.807) is 11.0 Å². The highest BCUT2D eigenvalue weighted by Gasteiger charge is 2.30. The van der Waals surface area contributed by atoms with Gasteiger partial charge in [0.2, 0.25) is 5.91 Å². The monoisotopic (exact) mass is 386 g/mol. The first-order chi connectivity index (χ1) is 12.8. The zero-order valence-electron chi connectivity index (χ0n) is 15.3. The molecule has 1 heterocycles. The van der Waals surface area contributed by atoms with Crippen LogP contribution in [0, 0.1) is 0 Å². The molecule has 1 aromatic rings. The Morgan fingerprint density at radius 1 is 1.11 bits per heavy atom. The van der Waals surface area contributed by atoms with Gasteiger partial charge in [-0.15, -0.1) is 0 Å². The number of nitrogens with zero attached hydrogens (tertiary/aromatic N) is 2. The van der Waals surface area contributed by atoms with Gasteiger partial charge in [0, 0.05) is 39.3 Å². The number of rotatable bonds is 6. The Morgan fingerprint density at radius 2 is 1.81 bits per heavy atom. The summed E-state index contributed by atoms with van der Waals surface area (Å²) in [5.74, 6) is -0.0284. The van der Waals surface area contributed by atoms with Gasteiger partial charge in [0.25, 0.3) is 0 Å². The SMILES string of the molecule is CCCNC(=O)CN1CCN(C(=O)NCc2cccc(C(F)(F)F)c2)CC1. The average molecular weight is 386 g/mol. The summed E-state index contributed by atoms with van der Waals surface area (Å²) in [6, 6.07) is 4.59. The predicted octanol–water partition coefficient (Wildman–Crippen LogP) is 2.06. The minimum absolute atomic E-state index is 0.0284. The largest absolute Gasteiger partial charge is 0.416 e. The van der Waals surface area contributed by atoms with Crippen LogP contribution in [-0.2, 0) is 17.5 Å². The average Bonchev–Trinajstić information content (AvgIpc) is 2.64. The molecule has 0 radical (unpaired) electrons. The molecule has 0 aliphatic carbocycles. The first-order valence-corrected chi connectivity index (χ1v) is 8.97. The van der Waals surface area contributed by atoms with Crippen LogP contribution in [0.3, 0.4) is 0 Å². The molecule has 9 heteroatoms. The molecule has 0 spiro atoms. The van der Waals surface area contributed by atoms with Crippen molar-refractivity contribution in [3.05, 3.63) is 35.4 Å². The first kappa shape index (κ1) is 21.0. The summed E-state index contributed by atoms with van der Waals surface area (Å²) >= 11 is 0. The summed E-state index contributed by atoms with van der Waals surface area (Å²) < 4.78 is 38.2. The molecule has 6 nitrogen and oxygen atoms in total. The van der Waals surface area contributed by atoms with Crippen molar-refractivity contribution in [1.82, 2.24) is 20.4 Å². The van der Waals surface area contributed by atoms with Crippen molar-refractivity contribution in [2.45, 2.75) is 26.1 Å². The lowest BCUT2D eigenvalue weighted by Gasteiger charge is -2.34. The fraction of sp³-hybridized carbons (Fsp3) is 0.556. The van der Waals surface area contributed by atoms with Crippen LogP contribution in [-0.4, -0.2) is 61.0 Å². The Morgan fingerprint density at radius 3 is 2.44 bits per heavy atom. The van der Waals surface area contributed by atoms with Gasteiger partial charge in [0.15, 0.2) is 0 Å². The van der Waals surface area contributed by atoms with E-state index < -0.39 is 11.7 Å². The van der Waals surface area contributed by atoms with E-state index in [1.165, 1.54) is 6.07 Å². The van der Waals surface area contributed by atoms with Gasteiger partial charge in [-0.3, -0.25) is 9.69 Å². The van der Waals surface area contributed by atoms with Crippen LogP contribution < -0.4 is 10.6 Å². The van der Waals surface area contributed by atoms with Crippen LogP contribution in [0.2, 0.25) is 0 Å². The van der Waals surface area contributed by atoms with E-state index >= 15 is 0 Å². The van der Waals surface area contributed by atoms with Crippen LogP contribution in [0.1, 0.15) is 24.5 Å². The van der Waals surface area contributed by atoms with Crippen molar-refractivity contribution in [2.75, 3.05) is 39.3 Å². The third-order valence-electron chi connectivity index (χ3n) is 4.30. The van der Waals surface area contributed by atoms with E-state index in [4.69, 9.17) is 0 Å². The quantitative estimate of drug-likeness (QED) is 0.787. The normalized spacial score (nSPS) is 15.5. The molecule has 0 bridgehead atoms. The lowest BCUT2D eigenvalue weighted by molar-refractivity contribution is -0.137. The van der Waals surface area contributed by atoms with Crippen LogP contribution in [0.4, 0.5) is 18.0 Å². The van der Waals surface area contributed by atoms with Gasteiger partial charge in [-0.25, -0.2) is 4.79 Å². The summed E-state index contributed by atoms with van der Waals surface area (Å²) in [6.45, 7) is 5.06. The Balaban J connectivity index is 1.76. The van der Waals surface area contributed by atoms with Gasteiger partial charge in [0.1, 0.15) is 0 Å². The number of urea groups is 1. The Labute approximate surface area is 156 Å². The molecular formula is C18H25F3N4O2. The summed E-state index contributed by atoms with van der Waals surface area (Å²) in [5, 5.41) is 5.47. The molecule has 0 unspecified atom stereocenters. The highest BCUT2D eigenvalue weighted by atomic mass is 19.4. The van der Waals surface area contributed by atoms with E-state index in [1.807, 2.05) is 11.8 Å². The molecule has 1 fully saturated rings. The molecule has 1 aliphatic heterocycles. The molecule has 2 rings (SSSR count). The van der Waals surface area contributed by atoms with E-state index in [-0.39, 0.29) is 18.5 Å². The molecule has 2 N–H and O–H groups in total. The topological polar surface area (TPSA) is 64.7 Å². The number of nitrogens with one attached hydrogen (secondary N) is 2. The lowest BCUT2D eigenvalue weighted by atomic mass is 10.1. The van der Waals surface area contributed by atoms with Gasteiger partial charge >= 0.3 is 12.2 Å². The summed E-state index contributed by atoms with van der Waals surface area (Å²) in [6.07, 6.45) is -3.52. The van der Waals surface area contributed by atoms with Crippen molar-refractivity contribution in [1.29, 1.82) is 0 Å². The molecular weight excluding hydrogens is 361 g/mol. The molecule has 0 aromatic heterocycles. The molecule has 1 aromatic carbocycles. The first-order valence-electron chi connectivity index (χ1n) is 8.97. The van der Waals surface area contributed by atoms with Crippen LogP contribution in [0.15, 0.2) is 24.3 Å². The predicted molar refractivity (Wildman–Crippen MR) is 95.0 cm³/mol. The molecule has 150 valence electrons. The third-order valence-corrected chi connectivity index (χ3v) is 4.30. The highest BCUT2D eigenvalue weighted by molar-refractivity contribution is 5.78. The maximum atomic E-state index is 12.7. The minimum Gasteiger partial charge on any atom is -0.355 e. The third kappa shape index (κ3) is 6.74. The zero-order chi connectivity index (χ0) is 19.9. The fourth-order valence-corrected chi connectivity index (χ4v) is 2.78. The van der Waals surface area contributed by atoms with Gasteiger partial charge in [-0.05, 0) is 24.1 Å². The number of amides is 3. The second-order valence-electron chi connectivity index (χ2n) is 6.47. The molecule has 0 saturated carbocycles. The van der Waals surface area contributed by atoms with Crippen molar-refractivity contribution in [3.63, 3.8) is 0 Å². The lowest BCUT2D eigenvalue weighted by Crippen LogP contribution is -2.53. The maximum absolute atomic E-state index is 12.7. The number of carbonyl (C=O) groups excluding carboxylic acids is 2. The maximum Gasteiger partial charge on any atom is 0.416 e. The smallest absolute Gasteiger partial charge is 0.355 e. The number of alkyl halides is 3. The van der Waals surface area contributed by atoms with E-state index in [9.17, 15) is 22.8 Å². The standard InChI is InChI=1S/C18H25F3N4O2/c1-2-6-22-16(26)13-24-7-9-25(10-8-24)17(27)23-12-14-4-3-5-15(11-14)18(19,20)21/h3-5,11H,2,6-10,12-13H2,1H3,(H,22,26)(H,23,27). The van der Waals surface area contributed by atoms with Crippen LogP contribution >= 0.6 is 0 Å². The Hall–Kier alpha value is -2.29. The number of hydrogen-bond acceptors (Lipinski definition) is 3. The van der Waals surface area contributed by atoms with Crippen molar-refractivity contribution >= 4 is 11.9 Å². The Bertz CT molecular complexity index is 644. The van der Waals surface area contributed by atoms with Gasteiger partial charge in [-0.1, -0.05) is 19.1 Å². The minimum atomic E-state index is -4.40. The number of piperazine rings is 1. The summed E-state index contributed by atoms with van der Waals surface area (Å²) in [5.41, 5.74) is -0.339. The fourth-order valence-electron chi connectivity index (χ4n) is 2.78. The van der Waals surface area contributed by atoms with Crippen molar-refractivity contribution < 1.29 is 22.8 Å². The molecule has 1 aliphatic rings. The second-order valence-corrected chi connectivity index (χ2v) is 6.47. The van der Waals surface area contributed by atoms with Crippen LogP contribution in [0.5, 0.6) is 0 Å². The second kappa shape index (κ2) is 9.59. The van der Waals surface area contributed by atoms with E-state index in [0.29, 0.717) is 44.8 Å². The number of halogens is 3. The van der Waals surface area contributed by atoms with Crippen molar-refractivity contribution in [3.8, 4) is 0 Å². The van der Waals surface area contributed by atoms with E-state index in [2.05, 4.69) is 10.6 Å². The number of benzene rings is 1. The molecule has 0 atom stereocenters. The highest BCUT2D eigenvalue weighted by Crippen LogP contribution is 2.29. The summed E-state index contributed by atoms with van der Waals surface area (Å²) in [7, 11) is 0. The molecule has 1 saturated heterocycles. The zero-order valence-corrected chi connectivity index (χ0v) is 15.3. The van der Waals surface area contributed by atoms with Gasteiger partial charge in [0.05, 0.1) is 12.1 Å².